The number of methoxy groups -OCH3 is 1. The number of hydrogen-bond acceptors (Lipinski definition) is 3. The van der Waals surface area contributed by atoms with Crippen LogP contribution in [0.15, 0.2) is 66.7 Å². The lowest BCUT2D eigenvalue weighted by atomic mass is 9.91. The topological polar surface area (TPSA) is 42.4 Å². The van der Waals surface area contributed by atoms with Gasteiger partial charge in [-0.2, -0.15) is 0 Å². The third-order valence-electron chi connectivity index (χ3n) is 5.84. The van der Waals surface area contributed by atoms with Crippen molar-refractivity contribution in [1.82, 2.24) is 9.88 Å². The minimum Gasteiger partial charge on any atom is -0.497 e. The van der Waals surface area contributed by atoms with Crippen molar-refractivity contribution in [3.8, 4) is 16.9 Å². The minimum atomic E-state index is 0.184. The predicted octanol–water partition coefficient (Wildman–Crippen LogP) is 5.01. The molecule has 0 bridgehead atoms. The number of amides is 1. The molecule has 2 aromatic carbocycles. The molecule has 0 unspecified atom stereocenters. The number of aryl methyl sites for hydroxylation is 1. The van der Waals surface area contributed by atoms with Gasteiger partial charge in [0.1, 0.15) is 5.75 Å². The van der Waals surface area contributed by atoms with Gasteiger partial charge in [0.15, 0.2) is 0 Å². The van der Waals surface area contributed by atoms with Crippen LogP contribution in [-0.4, -0.2) is 36.0 Å². The van der Waals surface area contributed by atoms with Crippen molar-refractivity contribution in [2.75, 3.05) is 20.2 Å². The molecule has 0 radical (unpaired) electrons. The highest BCUT2D eigenvalue weighted by atomic mass is 16.5. The molecule has 30 heavy (non-hydrogen) atoms. The van der Waals surface area contributed by atoms with Crippen LogP contribution in [0.1, 0.15) is 35.7 Å². The number of carbonyl (C=O) groups excluding carboxylic acids is 1. The number of aromatic nitrogens is 1. The standard InChI is InChI=1S/C26H28N2O2/c1-19-15-23(21-8-4-3-5-9-21)18-25(27-19)22-11-13-28(14-12-22)26(29)17-20-7-6-10-24(16-20)30-2/h3-10,15-16,18,22H,11-14,17H2,1-2H3. The molecule has 0 atom stereocenters. The Kier molecular flexibility index (Phi) is 6.12. The van der Waals surface area contributed by atoms with E-state index in [2.05, 4.69) is 43.3 Å². The fraction of sp³-hybridized carbons (Fsp3) is 0.308. The Morgan fingerprint density at radius 1 is 1.00 bits per heavy atom. The van der Waals surface area contributed by atoms with Gasteiger partial charge in [0.25, 0.3) is 0 Å². The Hall–Kier alpha value is -3.14. The Labute approximate surface area is 178 Å². The molecule has 0 saturated carbocycles. The summed E-state index contributed by atoms with van der Waals surface area (Å²) in [6.45, 7) is 3.62. The summed E-state index contributed by atoms with van der Waals surface area (Å²) in [4.78, 5) is 19.6. The number of nitrogens with zero attached hydrogens (tertiary/aromatic N) is 2. The molecule has 1 fully saturated rings. The zero-order valence-electron chi connectivity index (χ0n) is 17.7. The molecule has 0 N–H and O–H groups in total. The number of hydrogen-bond donors (Lipinski definition) is 0. The van der Waals surface area contributed by atoms with Crippen molar-refractivity contribution < 1.29 is 9.53 Å². The summed E-state index contributed by atoms with van der Waals surface area (Å²) < 4.78 is 5.26. The predicted molar refractivity (Wildman–Crippen MR) is 120 cm³/mol. The van der Waals surface area contributed by atoms with Crippen LogP contribution in [-0.2, 0) is 11.2 Å². The van der Waals surface area contributed by atoms with Crippen LogP contribution in [0.2, 0.25) is 0 Å². The van der Waals surface area contributed by atoms with Gasteiger partial charge in [0.05, 0.1) is 13.5 Å². The Bertz CT molecular complexity index is 1010. The summed E-state index contributed by atoms with van der Waals surface area (Å²) in [5, 5.41) is 0. The smallest absolute Gasteiger partial charge is 0.226 e. The Morgan fingerprint density at radius 3 is 2.50 bits per heavy atom. The minimum absolute atomic E-state index is 0.184. The van der Waals surface area contributed by atoms with Gasteiger partial charge in [-0.1, -0.05) is 42.5 Å². The van der Waals surface area contributed by atoms with Crippen molar-refractivity contribution in [1.29, 1.82) is 0 Å². The van der Waals surface area contributed by atoms with Crippen molar-refractivity contribution in [3.63, 3.8) is 0 Å². The summed E-state index contributed by atoms with van der Waals surface area (Å²) in [6, 6.07) is 22.6. The van der Waals surface area contributed by atoms with E-state index in [0.717, 1.165) is 48.6 Å². The number of benzene rings is 2. The van der Waals surface area contributed by atoms with Crippen LogP contribution in [0.4, 0.5) is 0 Å². The van der Waals surface area contributed by atoms with E-state index in [0.29, 0.717) is 12.3 Å². The highest BCUT2D eigenvalue weighted by Gasteiger charge is 2.25. The molecule has 4 nitrogen and oxygen atoms in total. The molecular weight excluding hydrogens is 372 g/mol. The van der Waals surface area contributed by atoms with Crippen LogP contribution in [0.3, 0.4) is 0 Å². The number of piperidine rings is 1. The molecule has 2 heterocycles. The van der Waals surface area contributed by atoms with Crippen molar-refractivity contribution >= 4 is 5.91 Å². The van der Waals surface area contributed by atoms with Gasteiger partial charge in [0.2, 0.25) is 5.91 Å². The molecule has 0 spiro atoms. The van der Waals surface area contributed by atoms with Crippen molar-refractivity contribution in [2.24, 2.45) is 0 Å². The maximum atomic E-state index is 12.8. The number of ether oxygens (including phenoxy) is 1. The Morgan fingerprint density at radius 2 is 1.77 bits per heavy atom. The van der Waals surface area contributed by atoms with Gasteiger partial charge in [0, 0.05) is 30.4 Å². The summed E-state index contributed by atoms with van der Waals surface area (Å²) in [7, 11) is 1.65. The van der Waals surface area contributed by atoms with E-state index in [9.17, 15) is 4.79 Å². The monoisotopic (exact) mass is 400 g/mol. The third-order valence-corrected chi connectivity index (χ3v) is 5.84. The highest BCUT2D eigenvalue weighted by Crippen LogP contribution is 2.30. The number of carbonyl (C=O) groups is 1. The molecule has 1 aliphatic rings. The van der Waals surface area contributed by atoms with Crippen LogP contribution in [0.25, 0.3) is 11.1 Å². The van der Waals surface area contributed by atoms with E-state index in [4.69, 9.17) is 9.72 Å². The highest BCUT2D eigenvalue weighted by molar-refractivity contribution is 5.79. The summed E-state index contributed by atoms with van der Waals surface area (Å²) in [5.41, 5.74) is 5.62. The van der Waals surface area contributed by atoms with Crippen LogP contribution in [0, 0.1) is 6.92 Å². The lowest BCUT2D eigenvalue weighted by Gasteiger charge is -2.32. The maximum Gasteiger partial charge on any atom is 0.226 e. The first-order valence-electron chi connectivity index (χ1n) is 10.6. The third kappa shape index (κ3) is 4.70. The average Bonchev–Trinajstić information content (AvgIpc) is 2.79. The fourth-order valence-corrected chi connectivity index (χ4v) is 4.19. The Balaban J connectivity index is 1.41. The molecule has 3 aromatic rings. The second kappa shape index (κ2) is 9.12. The molecule has 1 aromatic heterocycles. The van der Waals surface area contributed by atoms with Gasteiger partial charge < -0.3 is 9.64 Å². The van der Waals surface area contributed by atoms with Crippen LogP contribution in [0.5, 0.6) is 5.75 Å². The summed E-state index contributed by atoms with van der Waals surface area (Å²) in [5.74, 6) is 1.37. The van der Waals surface area contributed by atoms with Crippen molar-refractivity contribution in [3.05, 3.63) is 83.7 Å². The molecule has 4 rings (SSSR count). The van der Waals surface area contributed by atoms with E-state index in [1.54, 1.807) is 7.11 Å². The number of pyridine rings is 1. The second-order valence-corrected chi connectivity index (χ2v) is 7.97. The average molecular weight is 401 g/mol. The molecule has 154 valence electrons. The van der Waals surface area contributed by atoms with E-state index in [1.807, 2.05) is 35.2 Å². The first kappa shape index (κ1) is 20.1. The largest absolute Gasteiger partial charge is 0.497 e. The van der Waals surface area contributed by atoms with E-state index < -0.39 is 0 Å². The lowest BCUT2D eigenvalue weighted by molar-refractivity contribution is -0.131. The molecular formula is C26H28N2O2. The summed E-state index contributed by atoms with van der Waals surface area (Å²) >= 11 is 0. The van der Waals surface area contributed by atoms with Gasteiger partial charge in [-0.25, -0.2) is 0 Å². The molecule has 1 amide bonds. The molecule has 4 heteroatoms. The zero-order valence-corrected chi connectivity index (χ0v) is 17.7. The number of rotatable bonds is 5. The number of likely N-dealkylation sites (tertiary alicyclic amines) is 1. The SMILES string of the molecule is COc1cccc(CC(=O)N2CCC(c3cc(-c4ccccc4)cc(C)n3)CC2)c1. The molecule has 1 aliphatic heterocycles. The summed E-state index contributed by atoms with van der Waals surface area (Å²) in [6.07, 6.45) is 2.33. The van der Waals surface area contributed by atoms with Gasteiger partial charge in [-0.05, 0) is 60.7 Å². The van der Waals surface area contributed by atoms with Crippen LogP contribution < -0.4 is 4.74 Å². The van der Waals surface area contributed by atoms with Gasteiger partial charge >= 0.3 is 0 Å². The first-order chi connectivity index (χ1) is 14.6. The second-order valence-electron chi connectivity index (χ2n) is 7.97. The quantitative estimate of drug-likeness (QED) is 0.604. The van der Waals surface area contributed by atoms with Crippen LogP contribution >= 0.6 is 0 Å². The normalized spacial score (nSPS) is 14.5. The van der Waals surface area contributed by atoms with Gasteiger partial charge in [-0.3, -0.25) is 9.78 Å². The van der Waals surface area contributed by atoms with E-state index >= 15 is 0 Å². The first-order valence-corrected chi connectivity index (χ1v) is 10.6. The molecule has 1 saturated heterocycles. The van der Waals surface area contributed by atoms with Gasteiger partial charge in [-0.15, -0.1) is 0 Å². The van der Waals surface area contributed by atoms with E-state index in [1.165, 1.54) is 11.1 Å². The zero-order chi connectivity index (χ0) is 20.9. The van der Waals surface area contributed by atoms with Crippen molar-refractivity contribution in [2.45, 2.75) is 32.1 Å². The lowest BCUT2D eigenvalue weighted by Crippen LogP contribution is -2.39. The molecule has 0 aliphatic carbocycles. The van der Waals surface area contributed by atoms with E-state index in [-0.39, 0.29) is 5.91 Å². The fourth-order valence-electron chi connectivity index (χ4n) is 4.19. The maximum absolute atomic E-state index is 12.8.